The number of carbonyl (C=O) groups excluding carboxylic acids is 1. The number of ketones is 1. The summed E-state index contributed by atoms with van der Waals surface area (Å²) in [5.74, 6) is 0.190. The molecule has 8 heavy (non-hydrogen) atoms. The molecule has 1 aliphatic rings. The molecule has 2 heteroatoms. The number of nitrogens with one attached hydrogen (secondary N) is 1. The lowest BCUT2D eigenvalue weighted by atomic mass is 10.2. The van der Waals surface area contributed by atoms with E-state index in [4.69, 9.17) is 0 Å². The molecule has 0 unspecified atom stereocenters. The Bertz CT molecular complexity index is 137. The monoisotopic (exact) mass is 111 g/mol. The van der Waals surface area contributed by atoms with Crippen LogP contribution < -0.4 is 5.32 Å². The van der Waals surface area contributed by atoms with Crippen LogP contribution in [0.4, 0.5) is 0 Å². The van der Waals surface area contributed by atoms with Crippen LogP contribution in [0, 0.1) is 0 Å². The Hall–Kier alpha value is -0.790. The van der Waals surface area contributed by atoms with Crippen molar-refractivity contribution < 1.29 is 4.79 Å². The molecular weight excluding hydrogens is 102 g/mol. The van der Waals surface area contributed by atoms with E-state index in [0.717, 1.165) is 18.5 Å². The van der Waals surface area contributed by atoms with Crippen LogP contribution in [-0.4, -0.2) is 12.3 Å². The van der Waals surface area contributed by atoms with E-state index in [0.29, 0.717) is 0 Å². The predicted molar refractivity (Wildman–Crippen MR) is 31.4 cm³/mol. The van der Waals surface area contributed by atoms with E-state index in [1.165, 1.54) is 0 Å². The van der Waals surface area contributed by atoms with Crippen LogP contribution in [0.25, 0.3) is 0 Å². The molecule has 44 valence electrons. The van der Waals surface area contributed by atoms with Crippen molar-refractivity contribution in [3.63, 3.8) is 0 Å². The molecule has 0 amide bonds. The predicted octanol–water partition coefficient (Wildman–Crippen LogP) is 0.453. The lowest BCUT2D eigenvalue weighted by Gasteiger charge is -1.86. The van der Waals surface area contributed by atoms with Crippen LogP contribution in [0.1, 0.15) is 13.3 Å². The van der Waals surface area contributed by atoms with Gasteiger partial charge in [0.15, 0.2) is 5.78 Å². The van der Waals surface area contributed by atoms with Crippen molar-refractivity contribution in [1.29, 1.82) is 0 Å². The maximum atomic E-state index is 10.5. The molecule has 1 aliphatic heterocycles. The standard InChI is InChI=1S/C6H9NO/c1-5(8)6-2-3-7-4-6/h4,7H,2-3H2,1H3. The van der Waals surface area contributed by atoms with E-state index in [1.54, 1.807) is 13.1 Å². The van der Waals surface area contributed by atoms with Crippen LogP contribution in [0.15, 0.2) is 11.8 Å². The third kappa shape index (κ3) is 0.886. The van der Waals surface area contributed by atoms with Crippen LogP contribution in [0.2, 0.25) is 0 Å². The average molecular weight is 111 g/mol. The molecule has 0 radical (unpaired) electrons. The van der Waals surface area contributed by atoms with Gasteiger partial charge in [0.2, 0.25) is 0 Å². The molecule has 0 aromatic rings. The number of hydrogen-bond acceptors (Lipinski definition) is 2. The molecule has 2 nitrogen and oxygen atoms in total. The molecule has 0 aromatic carbocycles. The maximum absolute atomic E-state index is 10.5. The zero-order chi connectivity index (χ0) is 5.98. The van der Waals surface area contributed by atoms with Gasteiger partial charge in [0.1, 0.15) is 0 Å². The first-order chi connectivity index (χ1) is 3.80. The van der Waals surface area contributed by atoms with Gasteiger partial charge in [-0.05, 0) is 13.3 Å². The number of rotatable bonds is 1. The van der Waals surface area contributed by atoms with Crippen molar-refractivity contribution in [3.8, 4) is 0 Å². The topological polar surface area (TPSA) is 29.1 Å². The first kappa shape index (κ1) is 5.35. The fraction of sp³-hybridized carbons (Fsp3) is 0.500. The Balaban J connectivity index is 2.57. The number of hydrogen-bond donors (Lipinski definition) is 1. The summed E-state index contributed by atoms with van der Waals surface area (Å²) in [6.07, 6.45) is 2.69. The molecule has 0 saturated carbocycles. The Morgan fingerprint density at radius 1 is 1.88 bits per heavy atom. The van der Waals surface area contributed by atoms with E-state index in [-0.39, 0.29) is 5.78 Å². The lowest BCUT2D eigenvalue weighted by Crippen LogP contribution is -1.96. The molecule has 0 saturated heterocycles. The minimum Gasteiger partial charge on any atom is -0.390 e. The van der Waals surface area contributed by atoms with E-state index in [9.17, 15) is 4.79 Å². The number of carbonyl (C=O) groups is 1. The van der Waals surface area contributed by atoms with Crippen LogP contribution >= 0.6 is 0 Å². The van der Waals surface area contributed by atoms with Crippen molar-refractivity contribution in [2.24, 2.45) is 0 Å². The fourth-order valence-electron chi connectivity index (χ4n) is 0.752. The highest BCUT2D eigenvalue weighted by Crippen LogP contribution is 2.04. The molecular formula is C6H9NO. The Kier molecular flexibility index (Phi) is 1.33. The second-order valence-electron chi connectivity index (χ2n) is 1.93. The van der Waals surface area contributed by atoms with Crippen LogP contribution in [-0.2, 0) is 4.79 Å². The quantitative estimate of drug-likeness (QED) is 0.532. The Morgan fingerprint density at radius 3 is 2.88 bits per heavy atom. The van der Waals surface area contributed by atoms with E-state index in [1.807, 2.05) is 0 Å². The van der Waals surface area contributed by atoms with Crippen molar-refractivity contribution in [2.75, 3.05) is 6.54 Å². The Labute approximate surface area is 48.6 Å². The summed E-state index contributed by atoms with van der Waals surface area (Å²) < 4.78 is 0. The first-order valence-electron chi connectivity index (χ1n) is 2.74. The van der Waals surface area contributed by atoms with Gasteiger partial charge in [-0.1, -0.05) is 0 Å². The van der Waals surface area contributed by atoms with Gasteiger partial charge in [0, 0.05) is 18.3 Å². The molecule has 0 aliphatic carbocycles. The van der Waals surface area contributed by atoms with Gasteiger partial charge >= 0.3 is 0 Å². The third-order valence-corrected chi connectivity index (χ3v) is 1.27. The summed E-state index contributed by atoms with van der Waals surface area (Å²) in [5.41, 5.74) is 0.921. The van der Waals surface area contributed by atoms with Crippen LogP contribution in [0.3, 0.4) is 0 Å². The van der Waals surface area contributed by atoms with E-state index in [2.05, 4.69) is 5.32 Å². The minimum absolute atomic E-state index is 0.190. The third-order valence-electron chi connectivity index (χ3n) is 1.27. The highest BCUT2D eigenvalue weighted by Gasteiger charge is 2.06. The highest BCUT2D eigenvalue weighted by atomic mass is 16.1. The van der Waals surface area contributed by atoms with Crippen molar-refractivity contribution >= 4 is 5.78 Å². The molecule has 0 spiro atoms. The largest absolute Gasteiger partial charge is 0.390 e. The van der Waals surface area contributed by atoms with Crippen molar-refractivity contribution in [1.82, 2.24) is 5.32 Å². The van der Waals surface area contributed by atoms with Gasteiger partial charge in [-0.2, -0.15) is 0 Å². The van der Waals surface area contributed by atoms with Gasteiger partial charge < -0.3 is 5.32 Å². The van der Waals surface area contributed by atoms with E-state index >= 15 is 0 Å². The summed E-state index contributed by atoms with van der Waals surface area (Å²) in [6.45, 7) is 2.52. The lowest BCUT2D eigenvalue weighted by molar-refractivity contribution is -0.113. The molecule has 0 bridgehead atoms. The summed E-state index contributed by atoms with van der Waals surface area (Å²) in [5, 5.41) is 2.97. The maximum Gasteiger partial charge on any atom is 0.157 e. The first-order valence-corrected chi connectivity index (χ1v) is 2.74. The number of Topliss-reactive ketones (excluding diaryl/α,β-unsaturated/α-hetero) is 1. The van der Waals surface area contributed by atoms with Crippen molar-refractivity contribution in [2.45, 2.75) is 13.3 Å². The minimum atomic E-state index is 0.190. The zero-order valence-corrected chi connectivity index (χ0v) is 4.90. The Morgan fingerprint density at radius 2 is 2.62 bits per heavy atom. The normalized spacial score (nSPS) is 17.4. The summed E-state index contributed by atoms with van der Waals surface area (Å²) >= 11 is 0. The summed E-state index contributed by atoms with van der Waals surface area (Å²) in [7, 11) is 0. The molecule has 0 aromatic heterocycles. The molecule has 0 atom stereocenters. The average Bonchev–Trinajstić information content (AvgIpc) is 2.12. The fourth-order valence-corrected chi connectivity index (χ4v) is 0.752. The van der Waals surface area contributed by atoms with Gasteiger partial charge in [0.25, 0.3) is 0 Å². The molecule has 1 N–H and O–H groups in total. The highest BCUT2D eigenvalue weighted by molar-refractivity contribution is 5.93. The molecule has 1 heterocycles. The van der Waals surface area contributed by atoms with Gasteiger partial charge in [0.05, 0.1) is 0 Å². The van der Waals surface area contributed by atoms with Crippen LogP contribution in [0.5, 0.6) is 0 Å². The van der Waals surface area contributed by atoms with Gasteiger partial charge in [-0.25, -0.2) is 0 Å². The summed E-state index contributed by atoms with van der Waals surface area (Å²) in [6, 6.07) is 0. The molecule has 0 fully saturated rings. The van der Waals surface area contributed by atoms with E-state index < -0.39 is 0 Å². The molecule has 1 rings (SSSR count). The zero-order valence-electron chi connectivity index (χ0n) is 4.90. The summed E-state index contributed by atoms with van der Waals surface area (Å²) in [4.78, 5) is 10.5. The van der Waals surface area contributed by atoms with Gasteiger partial charge in [-0.15, -0.1) is 0 Å². The SMILES string of the molecule is CC(=O)C1=CNCC1. The van der Waals surface area contributed by atoms with Crippen molar-refractivity contribution in [3.05, 3.63) is 11.8 Å². The second kappa shape index (κ2) is 1.99. The van der Waals surface area contributed by atoms with Gasteiger partial charge in [-0.3, -0.25) is 4.79 Å². The smallest absolute Gasteiger partial charge is 0.157 e. The second-order valence-corrected chi connectivity index (χ2v) is 1.93.